The molecule has 1 fully saturated rings. The number of hydrogen-bond acceptors (Lipinski definition) is 3. The second-order valence-corrected chi connectivity index (χ2v) is 4.19. The minimum atomic E-state index is -0.145. The summed E-state index contributed by atoms with van der Waals surface area (Å²) in [6.45, 7) is 3.03. The van der Waals surface area contributed by atoms with Gasteiger partial charge in [-0.2, -0.15) is 0 Å². The van der Waals surface area contributed by atoms with Crippen molar-refractivity contribution in [1.29, 1.82) is 0 Å². The van der Waals surface area contributed by atoms with Gasteiger partial charge in [-0.3, -0.25) is 9.63 Å². The van der Waals surface area contributed by atoms with E-state index in [-0.39, 0.29) is 12.5 Å². The Hall–Kier alpha value is -0.610. The second kappa shape index (κ2) is 4.75. The van der Waals surface area contributed by atoms with E-state index in [0.29, 0.717) is 12.0 Å². The molecule has 0 bridgehead atoms. The molecule has 0 aromatic rings. The van der Waals surface area contributed by atoms with Gasteiger partial charge in [0.1, 0.15) is 6.61 Å². The van der Waals surface area contributed by atoms with Gasteiger partial charge in [0.05, 0.1) is 7.11 Å². The molecule has 0 heterocycles. The molecule has 0 saturated heterocycles. The fourth-order valence-electron chi connectivity index (χ4n) is 1.13. The maximum Gasteiger partial charge on any atom is 0.271 e. The molecule has 0 N–H and O–H groups in total. The normalized spacial score (nSPS) is 17.9. The van der Waals surface area contributed by atoms with Gasteiger partial charge in [-0.1, -0.05) is 6.92 Å². The summed E-state index contributed by atoms with van der Waals surface area (Å²) >= 11 is 0. The molecule has 0 aromatic heterocycles. The van der Waals surface area contributed by atoms with Crippen LogP contribution in [0.25, 0.3) is 0 Å². The number of hydroxylamine groups is 2. The molecule has 1 amide bonds. The summed E-state index contributed by atoms with van der Waals surface area (Å²) in [5.74, 6) is -0.145. The van der Waals surface area contributed by atoms with Crippen LogP contribution < -0.4 is 0 Å². The van der Waals surface area contributed by atoms with E-state index in [1.165, 1.54) is 25.0 Å². The Kier molecular flexibility index (Phi) is 3.89. The van der Waals surface area contributed by atoms with E-state index >= 15 is 0 Å². The number of hydrogen-bond donors (Lipinski definition) is 0. The first-order valence-corrected chi connectivity index (χ1v) is 4.96. The summed E-state index contributed by atoms with van der Waals surface area (Å²) in [7, 11) is 3.04. The van der Waals surface area contributed by atoms with Crippen molar-refractivity contribution in [3.8, 4) is 0 Å². The van der Waals surface area contributed by atoms with Crippen LogP contribution in [-0.4, -0.2) is 38.3 Å². The number of likely N-dealkylation sites (N-methyl/N-ethyl adjacent to an activating group) is 1. The van der Waals surface area contributed by atoms with E-state index in [4.69, 9.17) is 9.57 Å². The van der Waals surface area contributed by atoms with Gasteiger partial charge in [-0.05, 0) is 24.7 Å². The minimum absolute atomic E-state index is 0.112. The molecule has 1 rings (SSSR count). The highest BCUT2D eigenvalue weighted by Gasteiger charge is 2.36. The van der Waals surface area contributed by atoms with Crippen LogP contribution in [0, 0.1) is 5.41 Å². The molecule has 0 spiro atoms. The third-order valence-electron chi connectivity index (χ3n) is 2.80. The molecule has 0 unspecified atom stereocenters. The summed E-state index contributed by atoms with van der Waals surface area (Å²) in [5.41, 5.74) is 0.496. The third kappa shape index (κ3) is 3.64. The van der Waals surface area contributed by atoms with Crippen molar-refractivity contribution in [1.82, 2.24) is 5.06 Å². The largest absolute Gasteiger partial charge is 0.372 e. The molecule has 4 heteroatoms. The van der Waals surface area contributed by atoms with E-state index < -0.39 is 0 Å². The van der Waals surface area contributed by atoms with E-state index in [9.17, 15) is 4.79 Å². The molecular weight excluding hydrogens is 182 g/mol. The topological polar surface area (TPSA) is 38.8 Å². The standard InChI is InChI=1S/C10H19NO3/c1-10(4-5-10)6-7-14-8-9(12)11(2)13-3/h4-8H2,1-3H3. The van der Waals surface area contributed by atoms with Crippen LogP contribution in [0.15, 0.2) is 0 Å². The van der Waals surface area contributed by atoms with Crippen molar-refractivity contribution < 1.29 is 14.4 Å². The number of ether oxygens (including phenoxy) is 1. The predicted octanol–water partition coefficient (Wildman–Crippen LogP) is 1.21. The van der Waals surface area contributed by atoms with Gasteiger partial charge >= 0.3 is 0 Å². The van der Waals surface area contributed by atoms with E-state index in [1.807, 2.05) is 0 Å². The Labute approximate surface area is 85.1 Å². The molecule has 1 aliphatic carbocycles. The van der Waals surface area contributed by atoms with Crippen molar-refractivity contribution in [3.05, 3.63) is 0 Å². The first-order chi connectivity index (χ1) is 6.57. The van der Waals surface area contributed by atoms with Crippen molar-refractivity contribution in [2.75, 3.05) is 27.4 Å². The smallest absolute Gasteiger partial charge is 0.271 e. The molecule has 0 aromatic carbocycles. The highest BCUT2D eigenvalue weighted by molar-refractivity contribution is 5.75. The first kappa shape index (κ1) is 11.5. The number of carbonyl (C=O) groups is 1. The average Bonchev–Trinajstić information content (AvgIpc) is 2.90. The Morgan fingerprint density at radius 3 is 2.64 bits per heavy atom. The van der Waals surface area contributed by atoms with Crippen LogP contribution in [0.3, 0.4) is 0 Å². The number of carbonyl (C=O) groups excluding carboxylic acids is 1. The number of amides is 1. The molecule has 0 radical (unpaired) electrons. The maximum atomic E-state index is 11.2. The number of rotatable bonds is 6. The molecule has 82 valence electrons. The lowest BCUT2D eigenvalue weighted by molar-refractivity contribution is -0.173. The zero-order valence-corrected chi connectivity index (χ0v) is 9.21. The van der Waals surface area contributed by atoms with Crippen LogP contribution in [0.4, 0.5) is 0 Å². The summed E-state index contributed by atoms with van der Waals surface area (Å²) in [6.07, 6.45) is 3.64. The van der Waals surface area contributed by atoms with Crippen LogP contribution in [0.1, 0.15) is 26.2 Å². The highest BCUT2D eigenvalue weighted by atomic mass is 16.7. The van der Waals surface area contributed by atoms with E-state index in [0.717, 1.165) is 6.42 Å². The fourth-order valence-corrected chi connectivity index (χ4v) is 1.13. The molecule has 1 saturated carbocycles. The monoisotopic (exact) mass is 201 g/mol. The lowest BCUT2D eigenvalue weighted by Crippen LogP contribution is -2.29. The zero-order valence-electron chi connectivity index (χ0n) is 9.21. The Morgan fingerprint density at radius 1 is 1.50 bits per heavy atom. The zero-order chi connectivity index (χ0) is 10.6. The van der Waals surface area contributed by atoms with E-state index in [1.54, 1.807) is 7.05 Å². The van der Waals surface area contributed by atoms with Crippen LogP contribution >= 0.6 is 0 Å². The van der Waals surface area contributed by atoms with E-state index in [2.05, 4.69) is 6.92 Å². The van der Waals surface area contributed by atoms with Gasteiger partial charge in [-0.25, -0.2) is 5.06 Å². The summed E-state index contributed by atoms with van der Waals surface area (Å²) < 4.78 is 5.26. The summed E-state index contributed by atoms with van der Waals surface area (Å²) in [4.78, 5) is 15.9. The van der Waals surface area contributed by atoms with Crippen LogP contribution in [0.5, 0.6) is 0 Å². The molecular formula is C10H19NO3. The summed E-state index contributed by atoms with van der Waals surface area (Å²) in [5, 5.41) is 1.18. The Balaban J connectivity index is 2.00. The Morgan fingerprint density at radius 2 is 2.14 bits per heavy atom. The molecule has 0 atom stereocenters. The van der Waals surface area contributed by atoms with Gasteiger partial charge < -0.3 is 4.74 Å². The average molecular weight is 201 g/mol. The minimum Gasteiger partial charge on any atom is -0.372 e. The summed E-state index contributed by atoms with van der Waals surface area (Å²) in [6, 6.07) is 0. The highest BCUT2D eigenvalue weighted by Crippen LogP contribution is 2.47. The lowest BCUT2D eigenvalue weighted by atomic mass is 10.1. The molecule has 1 aliphatic rings. The van der Waals surface area contributed by atoms with Crippen LogP contribution in [-0.2, 0) is 14.4 Å². The van der Waals surface area contributed by atoms with Crippen molar-refractivity contribution >= 4 is 5.91 Å². The fraction of sp³-hybridized carbons (Fsp3) is 0.900. The van der Waals surface area contributed by atoms with Gasteiger partial charge in [0.2, 0.25) is 0 Å². The van der Waals surface area contributed by atoms with Crippen molar-refractivity contribution in [2.24, 2.45) is 5.41 Å². The van der Waals surface area contributed by atoms with Crippen molar-refractivity contribution in [3.63, 3.8) is 0 Å². The molecule has 0 aliphatic heterocycles. The number of nitrogens with zero attached hydrogens (tertiary/aromatic N) is 1. The van der Waals surface area contributed by atoms with Crippen molar-refractivity contribution in [2.45, 2.75) is 26.2 Å². The maximum absolute atomic E-state index is 11.2. The van der Waals surface area contributed by atoms with Gasteiger partial charge in [0.25, 0.3) is 5.91 Å². The van der Waals surface area contributed by atoms with Crippen LogP contribution in [0.2, 0.25) is 0 Å². The third-order valence-corrected chi connectivity index (χ3v) is 2.80. The second-order valence-electron chi connectivity index (χ2n) is 4.19. The van der Waals surface area contributed by atoms with Gasteiger partial charge in [0.15, 0.2) is 0 Å². The molecule has 4 nitrogen and oxygen atoms in total. The van der Waals surface area contributed by atoms with Gasteiger partial charge in [0, 0.05) is 13.7 Å². The lowest BCUT2D eigenvalue weighted by Gasteiger charge is -2.14. The SMILES string of the molecule is CON(C)C(=O)COCCC1(C)CC1. The Bertz CT molecular complexity index is 202. The first-order valence-electron chi connectivity index (χ1n) is 4.96. The predicted molar refractivity (Wildman–Crippen MR) is 52.6 cm³/mol. The molecule has 14 heavy (non-hydrogen) atoms. The quantitative estimate of drug-likeness (QED) is 0.479. The van der Waals surface area contributed by atoms with Gasteiger partial charge in [-0.15, -0.1) is 0 Å².